The second-order valence-corrected chi connectivity index (χ2v) is 7.93. The smallest absolute Gasteiger partial charge is 0.327 e. The number of alkyl halides is 3. The maximum absolute atomic E-state index is 13.1. The highest BCUT2D eigenvalue weighted by Gasteiger charge is 2.32. The molecular formula is C26H22F3N3O2. The summed E-state index contributed by atoms with van der Waals surface area (Å²) in [4.78, 5) is 31.9. The standard InChI is InChI=1S/C26H22F3N3O2/c1-32-21-13-6-5-12-20(21)23(18-9-3-2-4-10-18)31-24(25(32)34)30-22(33)15-14-17-8-7-11-19(16-17)26(27,28)29/h2-13,16,24H,14-15H2,1H3,(H,30,33)/t24-/m1/s1. The minimum absolute atomic E-state index is 0.0854. The first-order chi connectivity index (χ1) is 16.2. The maximum Gasteiger partial charge on any atom is 0.416 e. The number of amides is 2. The Labute approximate surface area is 194 Å². The average Bonchev–Trinajstić information content (AvgIpc) is 2.94. The monoisotopic (exact) mass is 465 g/mol. The number of anilines is 1. The minimum atomic E-state index is -4.45. The van der Waals surface area contributed by atoms with Crippen LogP contribution in [0.25, 0.3) is 0 Å². The third kappa shape index (κ3) is 5.01. The molecule has 3 aromatic rings. The molecule has 2 amide bonds. The van der Waals surface area contributed by atoms with Crippen molar-refractivity contribution in [2.45, 2.75) is 25.2 Å². The van der Waals surface area contributed by atoms with Crippen LogP contribution in [0, 0.1) is 0 Å². The molecule has 0 spiro atoms. The van der Waals surface area contributed by atoms with Crippen LogP contribution < -0.4 is 10.2 Å². The molecule has 0 unspecified atom stereocenters. The minimum Gasteiger partial charge on any atom is -0.327 e. The fraction of sp³-hybridized carbons (Fsp3) is 0.192. The number of nitrogens with one attached hydrogen (secondary N) is 1. The van der Waals surface area contributed by atoms with Gasteiger partial charge in [0.05, 0.1) is 17.0 Å². The lowest BCUT2D eigenvalue weighted by Crippen LogP contribution is -2.46. The van der Waals surface area contributed by atoms with E-state index in [4.69, 9.17) is 0 Å². The number of aryl methyl sites for hydroxylation is 1. The summed E-state index contributed by atoms with van der Waals surface area (Å²) in [7, 11) is 1.62. The summed E-state index contributed by atoms with van der Waals surface area (Å²) in [5, 5.41) is 2.65. The first-order valence-electron chi connectivity index (χ1n) is 10.7. The van der Waals surface area contributed by atoms with Crippen molar-refractivity contribution in [2.24, 2.45) is 4.99 Å². The van der Waals surface area contributed by atoms with E-state index in [2.05, 4.69) is 10.3 Å². The first kappa shape index (κ1) is 23.2. The number of carbonyl (C=O) groups excluding carboxylic acids is 2. The fourth-order valence-corrected chi connectivity index (χ4v) is 3.83. The van der Waals surface area contributed by atoms with Gasteiger partial charge in [-0.25, -0.2) is 4.99 Å². The Hall–Kier alpha value is -3.94. The van der Waals surface area contributed by atoms with Crippen LogP contribution in [0.15, 0.2) is 83.9 Å². The number of rotatable bonds is 5. The summed E-state index contributed by atoms with van der Waals surface area (Å²) in [6.45, 7) is 0. The van der Waals surface area contributed by atoms with E-state index in [1.54, 1.807) is 7.05 Å². The van der Waals surface area contributed by atoms with Crippen LogP contribution in [0.5, 0.6) is 0 Å². The zero-order valence-electron chi connectivity index (χ0n) is 18.3. The number of hydrogen-bond acceptors (Lipinski definition) is 3. The SMILES string of the molecule is CN1C(=O)[C@H](NC(=O)CCc2cccc(C(F)(F)F)c2)N=C(c2ccccc2)c2ccccc21. The number of nitrogens with zero attached hydrogens (tertiary/aromatic N) is 2. The van der Waals surface area contributed by atoms with Gasteiger partial charge in [-0.1, -0.05) is 66.7 Å². The van der Waals surface area contributed by atoms with Gasteiger partial charge in [0, 0.05) is 24.6 Å². The number of fused-ring (bicyclic) bond motifs is 1. The topological polar surface area (TPSA) is 61.8 Å². The van der Waals surface area contributed by atoms with E-state index < -0.39 is 29.7 Å². The van der Waals surface area contributed by atoms with Gasteiger partial charge in [-0.3, -0.25) is 9.59 Å². The van der Waals surface area contributed by atoms with Crippen LogP contribution in [-0.4, -0.2) is 30.7 Å². The van der Waals surface area contributed by atoms with Gasteiger partial charge in [0.1, 0.15) is 0 Å². The number of para-hydroxylation sites is 1. The summed E-state index contributed by atoms with van der Waals surface area (Å²) in [5.41, 5.74) is 2.40. The number of benzodiazepines with no additional fused rings is 1. The van der Waals surface area contributed by atoms with E-state index in [9.17, 15) is 22.8 Å². The normalized spacial score (nSPS) is 15.9. The van der Waals surface area contributed by atoms with Gasteiger partial charge in [-0.2, -0.15) is 13.2 Å². The zero-order chi connectivity index (χ0) is 24.3. The molecule has 5 nitrogen and oxygen atoms in total. The molecular weight excluding hydrogens is 443 g/mol. The van der Waals surface area contributed by atoms with Crippen LogP contribution in [0.1, 0.15) is 28.7 Å². The second-order valence-electron chi connectivity index (χ2n) is 7.93. The summed E-state index contributed by atoms with van der Waals surface area (Å²) >= 11 is 0. The Bertz CT molecular complexity index is 1240. The molecule has 3 aromatic carbocycles. The van der Waals surface area contributed by atoms with E-state index in [0.717, 1.165) is 23.3 Å². The van der Waals surface area contributed by atoms with Gasteiger partial charge in [-0.15, -0.1) is 0 Å². The molecule has 1 aliphatic rings. The van der Waals surface area contributed by atoms with Crippen LogP contribution in [0.3, 0.4) is 0 Å². The number of halogens is 3. The van der Waals surface area contributed by atoms with Crippen molar-refractivity contribution < 1.29 is 22.8 Å². The lowest BCUT2D eigenvalue weighted by Gasteiger charge is -2.20. The molecule has 174 valence electrons. The molecule has 1 aliphatic heterocycles. The third-order valence-corrected chi connectivity index (χ3v) is 5.58. The summed E-state index contributed by atoms with van der Waals surface area (Å²) in [6, 6.07) is 21.5. The quantitative estimate of drug-likeness (QED) is 0.599. The molecule has 4 rings (SSSR count). The lowest BCUT2D eigenvalue weighted by atomic mass is 10.0. The Morgan fingerprint density at radius 2 is 1.71 bits per heavy atom. The molecule has 0 radical (unpaired) electrons. The van der Waals surface area contributed by atoms with Gasteiger partial charge < -0.3 is 10.2 Å². The molecule has 0 saturated heterocycles. The Balaban J connectivity index is 1.56. The number of carbonyl (C=O) groups is 2. The average molecular weight is 465 g/mol. The van der Waals surface area contributed by atoms with Crippen molar-refractivity contribution >= 4 is 23.2 Å². The van der Waals surface area contributed by atoms with Crippen molar-refractivity contribution in [1.29, 1.82) is 0 Å². The largest absolute Gasteiger partial charge is 0.416 e. The third-order valence-electron chi connectivity index (χ3n) is 5.58. The van der Waals surface area contributed by atoms with E-state index in [0.29, 0.717) is 17.0 Å². The van der Waals surface area contributed by atoms with E-state index >= 15 is 0 Å². The molecule has 1 N–H and O–H groups in total. The Morgan fingerprint density at radius 3 is 2.44 bits per heavy atom. The molecule has 1 heterocycles. The van der Waals surface area contributed by atoms with Gasteiger partial charge in [-0.05, 0) is 24.1 Å². The van der Waals surface area contributed by atoms with E-state index in [1.165, 1.54) is 17.0 Å². The number of benzene rings is 3. The van der Waals surface area contributed by atoms with Crippen molar-refractivity contribution in [2.75, 3.05) is 11.9 Å². The van der Waals surface area contributed by atoms with E-state index in [-0.39, 0.29) is 12.8 Å². The highest BCUT2D eigenvalue weighted by Crippen LogP contribution is 2.30. The molecule has 0 fully saturated rings. The van der Waals surface area contributed by atoms with Crippen LogP contribution >= 0.6 is 0 Å². The molecule has 0 bridgehead atoms. The molecule has 1 atom stereocenters. The lowest BCUT2D eigenvalue weighted by molar-refractivity contribution is -0.137. The molecule has 8 heteroatoms. The molecule has 0 aliphatic carbocycles. The Kier molecular flexibility index (Phi) is 6.49. The highest BCUT2D eigenvalue weighted by atomic mass is 19.4. The van der Waals surface area contributed by atoms with Gasteiger partial charge >= 0.3 is 6.18 Å². The van der Waals surface area contributed by atoms with Crippen LogP contribution in [0.2, 0.25) is 0 Å². The Morgan fingerprint density at radius 1 is 1.00 bits per heavy atom. The summed E-state index contributed by atoms with van der Waals surface area (Å²) in [6.07, 6.45) is -5.60. The first-order valence-corrected chi connectivity index (χ1v) is 10.7. The number of hydrogen-bond donors (Lipinski definition) is 1. The number of likely N-dealkylation sites (N-methyl/N-ethyl adjacent to an activating group) is 1. The fourth-order valence-electron chi connectivity index (χ4n) is 3.83. The molecule has 34 heavy (non-hydrogen) atoms. The predicted molar refractivity (Wildman–Crippen MR) is 124 cm³/mol. The summed E-state index contributed by atoms with van der Waals surface area (Å²) < 4.78 is 38.8. The molecule has 0 saturated carbocycles. The van der Waals surface area contributed by atoms with E-state index in [1.807, 2.05) is 54.6 Å². The van der Waals surface area contributed by atoms with Crippen LogP contribution in [0.4, 0.5) is 18.9 Å². The van der Waals surface area contributed by atoms with Crippen molar-refractivity contribution in [1.82, 2.24) is 5.32 Å². The van der Waals surface area contributed by atoms with Crippen molar-refractivity contribution in [3.8, 4) is 0 Å². The van der Waals surface area contributed by atoms with Crippen molar-refractivity contribution in [3.63, 3.8) is 0 Å². The second kappa shape index (κ2) is 9.51. The van der Waals surface area contributed by atoms with Gasteiger partial charge in [0.15, 0.2) is 0 Å². The predicted octanol–water partition coefficient (Wildman–Crippen LogP) is 4.59. The van der Waals surface area contributed by atoms with Crippen molar-refractivity contribution in [3.05, 3.63) is 101 Å². The summed E-state index contributed by atoms with van der Waals surface area (Å²) in [5.74, 6) is -0.892. The van der Waals surface area contributed by atoms with Crippen LogP contribution in [-0.2, 0) is 22.2 Å². The number of aliphatic imine (C=N–C) groups is 1. The maximum atomic E-state index is 13.1. The zero-order valence-corrected chi connectivity index (χ0v) is 18.3. The molecule has 0 aromatic heterocycles. The highest BCUT2D eigenvalue weighted by molar-refractivity contribution is 6.20. The van der Waals surface area contributed by atoms with Gasteiger partial charge in [0.2, 0.25) is 12.1 Å². The van der Waals surface area contributed by atoms with Gasteiger partial charge in [0.25, 0.3) is 5.91 Å².